The Morgan fingerprint density at radius 1 is 0.857 bits per heavy atom. The summed E-state index contributed by atoms with van der Waals surface area (Å²) in [6, 6.07) is 27.4. The van der Waals surface area contributed by atoms with Crippen molar-refractivity contribution in [1.82, 2.24) is 9.21 Å². The highest BCUT2D eigenvalue weighted by Crippen LogP contribution is 2.27. The Kier molecular flexibility index (Phi) is 8.25. The molecule has 0 amide bonds. The van der Waals surface area contributed by atoms with E-state index in [9.17, 15) is 13.2 Å². The number of rotatable bonds is 9. The van der Waals surface area contributed by atoms with E-state index in [1.807, 2.05) is 12.1 Å². The van der Waals surface area contributed by atoms with Crippen LogP contribution in [-0.4, -0.2) is 67.8 Å². The molecule has 0 bridgehead atoms. The second kappa shape index (κ2) is 11.6. The van der Waals surface area contributed by atoms with Gasteiger partial charge in [0, 0.05) is 38.6 Å². The predicted molar refractivity (Wildman–Crippen MR) is 137 cm³/mol. The summed E-state index contributed by atoms with van der Waals surface area (Å²) in [4.78, 5) is 13.9. The Hall–Kier alpha value is -3.10. The molecular formula is C28H30N2O4S. The lowest BCUT2D eigenvalue weighted by Gasteiger charge is -2.36. The van der Waals surface area contributed by atoms with Crippen LogP contribution in [0.4, 0.5) is 0 Å². The van der Waals surface area contributed by atoms with Crippen LogP contribution in [0.5, 0.6) is 0 Å². The minimum atomic E-state index is -3.65. The summed E-state index contributed by atoms with van der Waals surface area (Å²) in [5.74, 6) is -0.218. The number of aliphatic hydroxyl groups is 1. The highest BCUT2D eigenvalue weighted by atomic mass is 32.2. The molecule has 1 N–H and O–H groups in total. The van der Waals surface area contributed by atoms with Gasteiger partial charge in [0.25, 0.3) is 0 Å². The Bertz CT molecular complexity index is 1210. The second-order valence-corrected chi connectivity index (χ2v) is 10.5. The first-order valence-electron chi connectivity index (χ1n) is 11.7. The van der Waals surface area contributed by atoms with Crippen LogP contribution in [-0.2, 0) is 14.8 Å². The fourth-order valence-corrected chi connectivity index (χ4v) is 5.83. The molecule has 7 heteroatoms. The van der Waals surface area contributed by atoms with E-state index in [0.717, 1.165) is 6.54 Å². The first-order chi connectivity index (χ1) is 17.0. The van der Waals surface area contributed by atoms with Gasteiger partial charge in [-0.25, -0.2) is 8.42 Å². The van der Waals surface area contributed by atoms with Crippen molar-refractivity contribution in [3.63, 3.8) is 0 Å². The zero-order valence-corrected chi connectivity index (χ0v) is 20.3. The molecule has 0 aromatic heterocycles. The second-order valence-electron chi connectivity index (χ2n) is 8.61. The van der Waals surface area contributed by atoms with Gasteiger partial charge >= 0.3 is 0 Å². The van der Waals surface area contributed by atoms with Gasteiger partial charge < -0.3 is 5.11 Å². The fraction of sp³-hybridized carbons (Fsp3) is 0.250. The monoisotopic (exact) mass is 490 g/mol. The molecule has 35 heavy (non-hydrogen) atoms. The van der Waals surface area contributed by atoms with Crippen LogP contribution in [0.15, 0.2) is 95.9 Å². The number of hydrogen-bond acceptors (Lipinski definition) is 5. The maximum absolute atomic E-state index is 13.3. The topological polar surface area (TPSA) is 77.9 Å². The van der Waals surface area contributed by atoms with Crippen molar-refractivity contribution in [1.29, 1.82) is 0 Å². The third-order valence-corrected chi connectivity index (χ3v) is 8.18. The predicted octanol–water partition coefficient (Wildman–Crippen LogP) is 3.40. The van der Waals surface area contributed by atoms with E-state index >= 15 is 0 Å². The molecule has 3 aromatic carbocycles. The van der Waals surface area contributed by atoms with E-state index in [0.29, 0.717) is 31.7 Å². The largest absolute Gasteiger partial charge is 0.388 e. The van der Waals surface area contributed by atoms with Crippen molar-refractivity contribution < 1.29 is 18.3 Å². The summed E-state index contributed by atoms with van der Waals surface area (Å²) >= 11 is 0. The average molecular weight is 491 g/mol. The zero-order chi connectivity index (χ0) is 24.7. The van der Waals surface area contributed by atoms with Crippen LogP contribution in [0, 0.1) is 0 Å². The number of carbonyl (C=O) groups excluding carboxylic acids is 1. The van der Waals surface area contributed by atoms with Crippen molar-refractivity contribution in [2.45, 2.75) is 10.8 Å². The average Bonchev–Trinajstić information content (AvgIpc) is 2.91. The number of nitrogens with zero attached hydrogens (tertiary/aromatic N) is 2. The molecular weight excluding hydrogens is 460 g/mol. The lowest BCUT2D eigenvalue weighted by atomic mass is 9.90. The van der Waals surface area contributed by atoms with Gasteiger partial charge in [-0.15, -0.1) is 0 Å². The lowest BCUT2D eigenvalue weighted by molar-refractivity contribution is -0.117. The number of sulfonamides is 1. The summed E-state index contributed by atoms with van der Waals surface area (Å²) in [5, 5.41) is 8.86. The summed E-state index contributed by atoms with van der Waals surface area (Å²) in [7, 11) is -3.65. The van der Waals surface area contributed by atoms with Crippen molar-refractivity contribution >= 4 is 21.9 Å². The Morgan fingerprint density at radius 3 is 2.03 bits per heavy atom. The van der Waals surface area contributed by atoms with E-state index in [1.54, 1.807) is 24.3 Å². The molecule has 1 saturated heterocycles. The van der Waals surface area contributed by atoms with Crippen molar-refractivity contribution in [2.24, 2.45) is 0 Å². The first-order valence-corrected chi connectivity index (χ1v) is 13.2. The molecule has 1 aliphatic heterocycles. The molecule has 3 aromatic rings. The Balaban J connectivity index is 1.44. The van der Waals surface area contributed by atoms with E-state index in [-0.39, 0.29) is 10.8 Å². The molecule has 1 heterocycles. The third-order valence-electron chi connectivity index (χ3n) is 6.29. The number of hydrogen-bond donors (Lipinski definition) is 1. The van der Waals surface area contributed by atoms with E-state index < -0.39 is 22.4 Å². The van der Waals surface area contributed by atoms with Gasteiger partial charge in [-0.3, -0.25) is 9.69 Å². The molecule has 0 aliphatic carbocycles. The van der Waals surface area contributed by atoms with Crippen LogP contribution in [0.1, 0.15) is 22.6 Å². The number of carbonyl (C=O) groups is 1. The highest BCUT2D eigenvalue weighted by molar-refractivity contribution is 7.89. The highest BCUT2D eigenvalue weighted by Gasteiger charge is 2.30. The molecule has 182 valence electrons. The van der Waals surface area contributed by atoms with Crippen molar-refractivity contribution in [3.05, 3.63) is 108 Å². The Morgan fingerprint density at radius 2 is 1.46 bits per heavy atom. The van der Waals surface area contributed by atoms with E-state index in [4.69, 9.17) is 5.11 Å². The molecule has 0 unspecified atom stereocenters. The fourth-order valence-electron chi connectivity index (χ4n) is 4.35. The van der Waals surface area contributed by atoms with Crippen LogP contribution in [0.2, 0.25) is 0 Å². The summed E-state index contributed by atoms with van der Waals surface area (Å²) < 4.78 is 28.1. The van der Waals surface area contributed by atoms with Crippen LogP contribution >= 0.6 is 0 Å². The molecule has 0 atom stereocenters. The maximum Gasteiger partial charge on any atom is 0.243 e. The molecule has 4 rings (SSSR count). The number of benzene rings is 3. The van der Waals surface area contributed by atoms with Gasteiger partial charge in [0.1, 0.15) is 6.61 Å². The van der Waals surface area contributed by atoms with Crippen LogP contribution < -0.4 is 0 Å². The molecule has 6 nitrogen and oxygen atoms in total. The van der Waals surface area contributed by atoms with Crippen LogP contribution in [0.25, 0.3) is 6.08 Å². The minimum absolute atomic E-state index is 0.205. The number of ketones is 1. The SMILES string of the molecule is O=C(/C=C/c1cccc(S(=O)(=O)N2CCN(CC(c3ccccc3)c3ccccc3)CC2)c1)CO. The molecule has 1 fully saturated rings. The van der Waals surface area contributed by atoms with Crippen molar-refractivity contribution in [2.75, 3.05) is 39.3 Å². The van der Waals surface area contributed by atoms with Gasteiger partial charge in [0.2, 0.25) is 10.0 Å². The first kappa shape index (κ1) is 25.0. The van der Waals surface area contributed by atoms with E-state index in [2.05, 4.69) is 53.4 Å². The van der Waals surface area contributed by atoms with Gasteiger partial charge in [-0.1, -0.05) is 78.9 Å². The lowest BCUT2D eigenvalue weighted by Crippen LogP contribution is -2.49. The maximum atomic E-state index is 13.3. The van der Waals surface area contributed by atoms with Gasteiger partial charge in [-0.05, 0) is 34.9 Å². The number of piperazine rings is 1. The summed E-state index contributed by atoms with van der Waals surface area (Å²) in [6.07, 6.45) is 2.77. The standard InChI is InChI=1S/C28H30N2O4S/c31-22-26(32)15-14-23-8-7-13-27(20-23)35(33,34)30-18-16-29(17-19-30)21-28(24-9-3-1-4-10-24)25-11-5-2-6-12-25/h1-15,20,28,31H,16-19,21-22H2/b15-14+. The molecule has 0 radical (unpaired) electrons. The minimum Gasteiger partial charge on any atom is -0.388 e. The molecule has 1 aliphatic rings. The summed E-state index contributed by atoms with van der Waals surface area (Å²) in [5.41, 5.74) is 3.09. The van der Waals surface area contributed by atoms with Crippen LogP contribution in [0.3, 0.4) is 0 Å². The molecule has 0 spiro atoms. The normalized spacial score (nSPS) is 15.6. The van der Waals surface area contributed by atoms with E-state index in [1.165, 1.54) is 27.6 Å². The number of aliphatic hydroxyl groups excluding tert-OH is 1. The smallest absolute Gasteiger partial charge is 0.243 e. The zero-order valence-electron chi connectivity index (χ0n) is 19.5. The third kappa shape index (κ3) is 6.32. The van der Waals surface area contributed by atoms with Gasteiger partial charge in [-0.2, -0.15) is 4.31 Å². The Labute approximate surface area is 207 Å². The summed E-state index contributed by atoms with van der Waals surface area (Å²) in [6.45, 7) is 2.39. The quantitative estimate of drug-likeness (QED) is 0.465. The molecule has 0 saturated carbocycles. The van der Waals surface area contributed by atoms with Crippen molar-refractivity contribution in [3.8, 4) is 0 Å². The van der Waals surface area contributed by atoms with Gasteiger partial charge in [0.15, 0.2) is 5.78 Å². The van der Waals surface area contributed by atoms with Gasteiger partial charge in [0.05, 0.1) is 4.90 Å².